The van der Waals surface area contributed by atoms with Crippen LogP contribution in [0.15, 0.2) is 4.99 Å². The van der Waals surface area contributed by atoms with Gasteiger partial charge in [-0.3, -0.25) is 4.90 Å². The van der Waals surface area contributed by atoms with Crippen molar-refractivity contribution in [1.82, 2.24) is 30.3 Å². The van der Waals surface area contributed by atoms with Crippen LogP contribution in [0, 0.1) is 5.92 Å². The standard InChI is InChI=1S/C20H37N7O.HI/c1-4-21-20(23-15-19-25-24-18-7-5-6-8-27(18)19)22-14-17(13-16(2)3)26-9-11-28-12-10-26;/h16-17H,4-15H2,1-3H3,(H2,21,22,23);1H. The van der Waals surface area contributed by atoms with Gasteiger partial charge in [-0.05, 0) is 32.1 Å². The Kier molecular flexibility index (Phi) is 10.6. The second-order valence-corrected chi connectivity index (χ2v) is 8.15. The van der Waals surface area contributed by atoms with Gasteiger partial charge in [-0.15, -0.1) is 34.2 Å². The van der Waals surface area contributed by atoms with Crippen LogP contribution in [0.4, 0.5) is 0 Å². The number of rotatable bonds is 8. The minimum atomic E-state index is 0. The molecule has 0 amide bonds. The molecule has 0 saturated carbocycles. The van der Waals surface area contributed by atoms with Gasteiger partial charge < -0.3 is 19.9 Å². The zero-order chi connectivity index (χ0) is 19.8. The monoisotopic (exact) mass is 519 g/mol. The van der Waals surface area contributed by atoms with E-state index in [9.17, 15) is 0 Å². The fraction of sp³-hybridized carbons (Fsp3) is 0.850. The smallest absolute Gasteiger partial charge is 0.191 e. The lowest BCUT2D eigenvalue weighted by Gasteiger charge is -2.35. The van der Waals surface area contributed by atoms with Gasteiger partial charge >= 0.3 is 0 Å². The van der Waals surface area contributed by atoms with E-state index in [0.717, 1.165) is 70.0 Å². The fourth-order valence-corrected chi connectivity index (χ4v) is 4.04. The topological polar surface area (TPSA) is 79.6 Å². The van der Waals surface area contributed by atoms with Crippen molar-refractivity contribution in [2.75, 3.05) is 39.4 Å². The number of hydrogen-bond donors (Lipinski definition) is 2. The normalized spacial score (nSPS) is 18.8. The first-order valence-electron chi connectivity index (χ1n) is 10.9. The number of nitrogens with zero attached hydrogens (tertiary/aromatic N) is 5. The number of aliphatic imine (C=N–C) groups is 1. The van der Waals surface area contributed by atoms with Crippen LogP contribution in [0.3, 0.4) is 0 Å². The summed E-state index contributed by atoms with van der Waals surface area (Å²) in [5.74, 6) is 3.60. The molecule has 29 heavy (non-hydrogen) atoms. The lowest BCUT2D eigenvalue weighted by molar-refractivity contribution is 0.0132. The zero-order valence-corrected chi connectivity index (χ0v) is 20.5. The molecule has 9 heteroatoms. The van der Waals surface area contributed by atoms with Gasteiger partial charge in [0.25, 0.3) is 0 Å². The van der Waals surface area contributed by atoms with Gasteiger partial charge in [0.05, 0.1) is 13.2 Å². The first-order chi connectivity index (χ1) is 13.7. The Morgan fingerprint density at radius 1 is 1.14 bits per heavy atom. The van der Waals surface area contributed by atoms with Crippen molar-refractivity contribution in [3.05, 3.63) is 11.6 Å². The number of ether oxygens (including phenoxy) is 1. The maximum Gasteiger partial charge on any atom is 0.191 e. The Morgan fingerprint density at radius 2 is 1.93 bits per heavy atom. The molecule has 2 N–H and O–H groups in total. The van der Waals surface area contributed by atoms with Crippen LogP contribution in [0.5, 0.6) is 0 Å². The quantitative estimate of drug-likeness (QED) is 0.311. The SMILES string of the molecule is CCNC(=NCc1nnc2n1CCCC2)NCC(CC(C)C)N1CCOCC1.I. The van der Waals surface area contributed by atoms with E-state index >= 15 is 0 Å². The number of guanidine groups is 1. The van der Waals surface area contributed by atoms with Crippen LogP contribution in [-0.4, -0.2) is 71.1 Å². The molecule has 2 aliphatic rings. The summed E-state index contributed by atoms with van der Waals surface area (Å²) < 4.78 is 7.77. The number of halogens is 1. The minimum absolute atomic E-state index is 0. The van der Waals surface area contributed by atoms with Gasteiger partial charge in [-0.2, -0.15) is 0 Å². The number of aryl methyl sites for hydroxylation is 1. The van der Waals surface area contributed by atoms with Gasteiger partial charge in [-0.1, -0.05) is 13.8 Å². The molecule has 3 rings (SSSR count). The molecule has 0 bridgehead atoms. The highest BCUT2D eigenvalue weighted by Gasteiger charge is 2.22. The van der Waals surface area contributed by atoms with Gasteiger partial charge in [0, 0.05) is 45.2 Å². The van der Waals surface area contributed by atoms with Gasteiger partial charge in [0.1, 0.15) is 12.4 Å². The second-order valence-electron chi connectivity index (χ2n) is 8.15. The van der Waals surface area contributed by atoms with Crippen molar-refractivity contribution < 1.29 is 4.74 Å². The van der Waals surface area contributed by atoms with E-state index in [4.69, 9.17) is 9.73 Å². The first-order valence-corrected chi connectivity index (χ1v) is 10.9. The van der Waals surface area contributed by atoms with Crippen LogP contribution in [0.1, 0.15) is 51.7 Å². The summed E-state index contributed by atoms with van der Waals surface area (Å²) in [6.07, 6.45) is 4.62. The molecule has 1 unspecified atom stereocenters. The molecular formula is C20H38IN7O. The van der Waals surface area contributed by atoms with E-state index in [1.807, 2.05) is 0 Å². The summed E-state index contributed by atoms with van der Waals surface area (Å²) in [5, 5.41) is 15.6. The van der Waals surface area contributed by atoms with E-state index in [1.54, 1.807) is 0 Å². The molecule has 1 fully saturated rings. The largest absolute Gasteiger partial charge is 0.379 e. The first kappa shape index (κ1) is 24.3. The van der Waals surface area contributed by atoms with Gasteiger partial charge in [0.15, 0.2) is 11.8 Å². The lowest BCUT2D eigenvalue weighted by Crippen LogP contribution is -2.51. The molecule has 0 radical (unpaired) electrons. The van der Waals surface area contributed by atoms with E-state index < -0.39 is 0 Å². The molecule has 1 aromatic heterocycles. The van der Waals surface area contributed by atoms with Crippen molar-refractivity contribution in [1.29, 1.82) is 0 Å². The summed E-state index contributed by atoms with van der Waals surface area (Å²) in [7, 11) is 0. The Balaban J connectivity index is 0.00000300. The maximum absolute atomic E-state index is 5.53. The van der Waals surface area contributed by atoms with Crippen molar-refractivity contribution in [3.8, 4) is 0 Å². The second kappa shape index (κ2) is 12.7. The molecule has 2 aliphatic heterocycles. The number of hydrogen-bond acceptors (Lipinski definition) is 5. The van der Waals surface area contributed by atoms with Crippen LogP contribution in [-0.2, 0) is 24.2 Å². The molecule has 0 aliphatic carbocycles. The summed E-state index contributed by atoms with van der Waals surface area (Å²) >= 11 is 0. The number of fused-ring (bicyclic) bond motifs is 1. The fourth-order valence-electron chi connectivity index (χ4n) is 4.04. The predicted octanol–water partition coefficient (Wildman–Crippen LogP) is 2.03. The van der Waals surface area contributed by atoms with E-state index in [1.165, 1.54) is 19.3 Å². The number of aromatic nitrogens is 3. The highest BCUT2D eigenvalue weighted by molar-refractivity contribution is 14.0. The van der Waals surface area contributed by atoms with Crippen molar-refractivity contribution in [2.24, 2.45) is 10.9 Å². The van der Waals surface area contributed by atoms with Crippen LogP contribution >= 0.6 is 24.0 Å². The van der Waals surface area contributed by atoms with Crippen molar-refractivity contribution in [3.63, 3.8) is 0 Å². The Morgan fingerprint density at radius 3 is 2.66 bits per heavy atom. The van der Waals surface area contributed by atoms with Crippen molar-refractivity contribution >= 4 is 29.9 Å². The molecule has 1 aromatic rings. The van der Waals surface area contributed by atoms with Crippen LogP contribution < -0.4 is 10.6 Å². The van der Waals surface area contributed by atoms with E-state index in [0.29, 0.717) is 18.5 Å². The number of nitrogens with one attached hydrogen (secondary N) is 2. The van der Waals surface area contributed by atoms with Crippen LogP contribution in [0.2, 0.25) is 0 Å². The lowest BCUT2D eigenvalue weighted by atomic mass is 10.0. The summed E-state index contributed by atoms with van der Waals surface area (Å²) in [6, 6.07) is 0.494. The molecule has 8 nitrogen and oxygen atoms in total. The Hall–Kier alpha value is -0.940. The average molecular weight is 519 g/mol. The van der Waals surface area contributed by atoms with Crippen LogP contribution in [0.25, 0.3) is 0 Å². The summed E-state index contributed by atoms with van der Waals surface area (Å²) in [4.78, 5) is 7.34. The van der Waals surface area contributed by atoms with Crippen molar-refractivity contribution in [2.45, 2.75) is 65.6 Å². The third kappa shape index (κ3) is 7.36. The van der Waals surface area contributed by atoms with Gasteiger partial charge in [-0.25, -0.2) is 4.99 Å². The highest BCUT2D eigenvalue weighted by Crippen LogP contribution is 2.15. The molecule has 3 heterocycles. The summed E-state index contributed by atoms with van der Waals surface area (Å²) in [6.45, 7) is 13.7. The molecule has 166 valence electrons. The molecular weight excluding hydrogens is 481 g/mol. The Bertz CT molecular complexity index is 628. The highest BCUT2D eigenvalue weighted by atomic mass is 127. The van der Waals surface area contributed by atoms with Gasteiger partial charge in [0.2, 0.25) is 0 Å². The zero-order valence-electron chi connectivity index (χ0n) is 18.2. The summed E-state index contributed by atoms with van der Waals surface area (Å²) in [5.41, 5.74) is 0. The minimum Gasteiger partial charge on any atom is -0.379 e. The third-order valence-corrected chi connectivity index (χ3v) is 5.47. The predicted molar refractivity (Wildman–Crippen MR) is 127 cm³/mol. The molecule has 1 atom stereocenters. The average Bonchev–Trinajstić information content (AvgIpc) is 3.12. The molecule has 0 aromatic carbocycles. The third-order valence-electron chi connectivity index (χ3n) is 5.47. The maximum atomic E-state index is 5.53. The molecule has 0 spiro atoms. The number of morpholine rings is 1. The van der Waals surface area contributed by atoms with E-state index in [-0.39, 0.29) is 24.0 Å². The Labute approximate surface area is 192 Å². The van der Waals surface area contributed by atoms with E-state index in [2.05, 4.69) is 51.1 Å². The molecule has 1 saturated heterocycles.